The van der Waals surface area contributed by atoms with Gasteiger partial charge >= 0.3 is 6.18 Å². The fourth-order valence-corrected chi connectivity index (χ4v) is 4.31. The summed E-state index contributed by atoms with van der Waals surface area (Å²) in [6, 6.07) is 5.38. The molecule has 0 saturated carbocycles. The van der Waals surface area contributed by atoms with Gasteiger partial charge in [-0.05, 0) is 61.6 Å². The van der Waals surface area contributed by atoms with Crippen LogP contribution in [0.25, 0.3) is 0 Å². The first-order valence-corrected chi connectivity index (χ1v) is 9.31. The van der Waals surface area contributed by atoms with Crippen LogP contribution in [0.15, 0.2) is 41.0 Å². The van der Waals surface area contributed by atoms with E-state index in [-0.39, 0.29) is 6.04 Å². The average Bonchev–Trinajstić information content (AvgIpc) is 3.02. The van der Waals surface area contributed by atoms with E-state index in [1.807, 2.05) is 0 Å². The highest BCUT2D eigenvalue weighted by Gasteiger charge is 2.34. The number of hydrogen-bond donors (Lipinski definition) is 1. The van der Waals surface area contributed by atoms with E-state index < -0.39 is 11.7 Å². The van der Waals surface area contributed by atoms with Gasteiger partial charge in [0.25, 0.3) is 0 Å². The number of nitrogens with zero attached hydrogens (tertiary/aromatic N) is 1. The molecule has 1 aliphatic heterocycles. The Labute approximate surface area is 153 Å². The van der Waals surface area contributed by atoms with Crippen molar-refractivity contribution < 1.29 is 13.2 Å². The van der Waals surface area contributed by atoms with Gasteiger partial charge in [0.05, 0.1) is 11.6 Å². The molecule has 1 aliphatic carbocycles. The maximum absolute atomic E-state index is 12.9. The zero-order valence-electron chi connectivity index (χ0n) is 15.7. The Hall–Kier alpha value is -1.78. The monoisotopic (exact) mass is 364 g/mol. The minimum Gasteiger partial charge on any atom is -0.302 e. The highest BCUT2D eigenvalue weighted by atomic mass is 19.4. The lowest BCUT2D eigenvalue weighted by atomic mass is 9.67. The molecule has 0 radical (unpaired) electrons. The number of hydrogen-bond acceptors (Lipinski definition) is 2. The lowest BCUT2D eigenvalue weighted by Crippen LogP contribution is -2.28. The van der Waals surface area contributed by atoms with Crippen LogP contribution < -0.4 is 5.43 Å². The van der Waals surface area contributed by atoms with Crippen molar-refractivity contribution in [3.05, 3.63) is 47.0 Å². The quantitative estimate of drug-likeness (QED) is 0.627. The average molecular weight is 364 g/mol. The smallest absolute Gasteiger partial charge is 0.302 e. The fourth-order valence-electron chi connectivity index (χ4n) is 4.31. The summed E-state index contributed by atoms with van der Waals surface area (Å²) in [6.45, 7) is 6.87. The number of alkyl halides is 3. The largest absolute Gasteiger partial charge is 0.416 e. The van der Waals surface area contributed by atoms with Gasteiger partial charge in [0.2, 0.25) is 0 Å². The molecule has 3 rings (SSSR count). The molecular weight excluding hydrogens is 337 g/mol. The van der Waals surface area contributed by atoms with Gasteiger partial charge in [-0.3, -0.25) is 0 Å². The summed E-state index contributed by atoms with van der Waals surface area (Å²) < 4.78 is 38.7. The molecule has 0 fully saturated rings. The van der Waals surface area contributed by atoms with Crippen molar-refractivity contribution in [3.63, 3.8) is 0 Å². The third kappa shape index (κ3) is 4.13. The van der Waals surface area contributed by atoms with Crippen LogP contribution >= 0.6 is 0 Å². The van der Waals surface area contributed by atoms with Gasteiger partial charge in [0.1, 0.15) is 0 Å². The molecule has 1 aromatic rings. The highest BCUT2D eigenvalue weighted by molar-refractivity contribution is 5.86. The molecule has 2 unspecified atom stereocenters. The molecule has 1 N–H and O–H groups in total. The molecule has 142 valence electrons. The van der Waals surface area contributed by atoms with Crippen LogP contribution in [0.1, 0.15) is 70.0 Å². The van der Waals surface area contributed by atoms with E-state index in [9.17, 15) is 13.2 Å². The SMILES string of the molecule is CC1=CCCC(C)(C)C1CCC1=NNC(c2cccc(C(F)(F)F)c2)C1. The Morgan fingerprint density at radius 2 is 2.04 bits per heavy atom. The second-order valence-electron chi connectivity index (χ2n) is 8.25. The Kier molecular flexibility index (Phi) is 5.18. The van der Waals surface area contributed by atoms with E-state index in [0.29, 0.717) is 23.3 Å². The lowest BCUT2D eigenvalue weighted by Gasteiger charge is -2.38. The second-order valence-corrected chi connectivity index (χ2v) is 8.25. The van der Waals surface area contributed by atoms with Crippen molar-refractivity contribution in [1.82, 2.24) is 5.43 Å². The Bertz CT molecular complexity index is 716. The standard InChI is InChI=1S/C21H27F3N2/c1-14-6-5-11-20(2,3)18(14)10-9-17-13-19(26-25-17)15-7-4-8-16(12-15)21(22,23)24/h4,6-8,12,18-19,26H,5,9-11,13H2,1-3H3. The summed E-state index contributed by atoms with van der Waals surface area (Å²) in [5.74, 6) is 0.548. The summed E-state index contributed by atoms with van der Waals surface area (Å²) in [5.41, 5.74) is 5.89. The molecule has 0 bridgehead atoms. The summed E-state index contributed by atoms with van der Waals surface area (Å²) in [7, 11) is 0. The molecule has 2 aliphatic rings. The summed E-state index contributed by atoms with van der Waals surface area (Å²) >= 11 is 0. The molecule has 0 amide bonds. The summed E-state index contributed by atoms with van der Waals surface area (Å²) in [5, 5.41) is 4.41. The van der Waals surface area contributed by atoms with E-state index in [1.54, 1.807) is 6.07 Å². The van der Waals surface area contributed by atoms with E-state index in [0.717, 1.165) is 31.0 Å². The van der Waals surface area contributed by atoms with Crippen molar-refractivity contribution in [2.45, 2.75) is 65.1 Å². The fraction of sp³-hybridized carbons (Fsp3) is 0.571. The summed E-state index contributed by atoms with van der Waals surface area (Å²) in [4.78, 5) is 0. The van der Waals surface area contributed by atoms with E-state index in [2.05, 4.69) is 37.4 Å². The van der Waals surface area contributed by atoms with Crippen LogP contribution in [0.3, 0.4) is 0 Å². The normalized spacial score (nSPS) is 25.5. The number of nitrogens with one attached hydrogen (secondary N) is 1. The van der Waals surface area contributed by atoms with Crippen LogP contribution in [0.2, 0.25) is 0 Å². The van der Waals surface area contributed by atoms with Gasteiger partial charge < -0.3 is 5.43 Å². The van der Waals surface area contributed by atoms with E-state index in [1.165, 1.54) is 24.1 Å². The maximum Gasteiger partial charge on any atom is 0.416 e. The number of benzene rings is 1. The first kappa shape index (κ1) is 19.0. The molecular formula is C21H27F3N2. The van der Waals surface area contributed by atoms with E-state index in [4.69, 9.17) is 0 Å². The zero-order valence-corrected chi connectivity index (χ0v) is 15.7. The first-order valence-electron chi connectivity index (χ1n) is 9.31. The topological polar surface area (TPSA) is 24.4 Å². The molecule has 0 saturated heterocycles. The summed E-state index contributed by atoms with van der Waals surface area (Å²) in [6.07, 6.45) is 3.00. The predicted octanol–water partition coefficient (Wildman–Crippen LogP) is 6.26. The third-order valence-electron chi connectivity index (χ3n) is 5.90. The molecule has 0 spiro atoms. The van der Waals surface area contributed by atoms with Crippen LogP contribution in [0.4, 0.5) is 13.2 Å². The Morgan fingerprint density at radius 3 is 2.73 bits per heavy atom. The molecule has 2 atom stereocenters. The van der Waals surface area contributed by atoms with Crippen molar-refractivity contribution >= 4 is 5.71 Å². The lowest BCUT2D eigenvalue weighted by molar-refractivity contribution is -0.137. The molecule has 0 aromatic heterocycles. The van der Waals surface area contributed by atoms with Crippen molar-refractivity contribution in [2.24, 2.45) is 16.4 Å². The number of allylic oxidation sites excluding steroid dienone is 2. The van der Waals surface area contributed by atoms with Crippen LogP contribution in [0.5, 0.6) is 0 Å². The van der Waals surface area contributed by atoms with Gasteiger partial charge in [-0.2, -0.15) is 18.3 Å². The van der Waals surface area contributed by atoms with Crippen LogP contribution in [-0.4, -0.2) is 5.71 Å². The van der Waals surface area contributed by atoms with Crippen molar-refractivity contribution in [1.29, 1.82) is 0 Å². The van der Waals surface area contributed by atoms with Gasteiger partial charge in [-0.15, -0.1) is 0 Å². The highest BCUT2D eigenvalue weighted by Crippen LogP contribution is 2.43. The zero-order chi connectivity index (χ0) is 18.9. The number of halogens is 3. The number of hydrazone groups is 1. The van der Waals surface area contributed by atoms with Gasteiger partial charge in [-0.1, -0.05) is 37.6 Å². The van der Waals surface area contributed by atoms with Gasteiger partial charge in [0, 0.05) is 12.1 Å². The van der Waals surface area contributed by atoms with E-state index >= 15 is 0 Å². The minimum atomic E-state index is -4.31. The van der Waals surface area contributed by atoms with Gasteiger partial charge in [0.15, 0.2) is 0 Å². The Morgan fingerprint density at radius 1 is 1.27 bits per heavy atom. The minimum absolute atomic E-state index is 0.164. The molecule has 5 heteroatoms. The maximum atomic E-state index is 12.9. The molecule has 1 heterocycles. The van der Waals surface area contributed by atoms with Crippen LogP contribution in [-0.2, 0) is 6.18 Å². The van der Waals surface area contributed by atoms with Gasteiger partial charge in [-0.25, -0.2) is 0 Å². The number of rotatable bonds is 4. The molecule has 2 nitrogen and oxygen atoms in total. The van der Waals surface area contributed by atoms with Crippen molar-refractivity contribution in [3.8, 4) is 0 Å². The second kappa shape index (κ2) is 7.09. The molecule has 26 heavy (non-hydrogen) atoms. The van der Waals surface area contributed by atoms with Crippen LogP contribution in [0, 0.1) is 11.3 Å². The Balaban J connectivity index is 1.61. The predicted molar refractivity (Wildman–Crippen MR) is 98.9 cm³/mol. The third-order valence-corrected chi connectivity index (χ3v) is 5.90. The van der Waals surface area contributed by atoms with Crippen molar-refractivity contribution in [2.75, 3.05) is 0 Å². The molecule has 1 aromatic carbocycles. The first-order chi connectivity index (χ1) is 12.2.